The zero-order chi connectivity index (χ0) is 15.2. The van der Waals surface area contributed by atoms with Gasteiger partial charge in [-0.3, -0.25) is 0 Å². The fraction of sp³-hybridized carbons (Fsp3) is 0.444. The van der Waals surface area contributed by atoms with Crippen molar-refractivity contribution in [3.05, 3.63) is 53.0 Å². The second kappa shape index (κ2) is 7.32. The summed E-state index contributed by atoms with van der Waals surface area (Å²) in [6.45, 7) is 10.8. The second-order valence-electron chi connectivity index (χ2n) is 5.95. The highest BCUT2D eigenvalue weighted by Crippen LogP contribution is 2.21. The third-order valence-electron chi connectivity index (χ3n) is 3.39. The lowest BCUT2D eigenvalue weighted by molar-refractivity contribution is 0.266. The molecule has 0 saturated carbocycles. The number of furan rings is 1. The van der Waals surface area contributed by atoms with Crippen LogP contribution in [-0.4, -0.2) is 6.54 Å². The van der Waals surface area contributed by atoms with Gasteiger partial charge < -0.3 is 14.5 Å². The van der Waals surface area contributed by atoms with Crippen molar-refractivity contribution in [1.82, 2.24) is 5.32 Å². The molecule has 0 saturated heterocycles. The molecule has 0 radical (unpaired) electrons. The molecule has 1 N–H and O–H groups in total. The van der Waals surface area contributed by atoms with Gasteiger partial charge in [0.15, 0.2) is 0 Å². The van der Waals surface area contributed by atoms with Gasteiger partial charge in [-0.25, -0.2) is 0 Å². The highest BCUT2D eigenvalue weighted by Gasteiger charge is 2.08. The number of hydrogen-bond acceptors (Lipinski definition) is 3. The van der Waals surface area contributed by atoms with E-state index in [9.17, 15) is 0 Å². The minimum absolute atomic E-state index is 0.468. The first kappa shape index (κ1) is 15.6. The van der Waals surface area contributed by atoms with Crippen molar-refractivity contribution >= 4 is 0 Å². The van der Waals surface area contributed by atoms with E-state index in [1.165, 1.54) is 11.1 Å². The molecular weight excluding hydrogens is 262 g/mol. The first-order valence-corrected chi connectivity index (χ1v) is 7.52. The Labute approximate surface area is 127 Å². The maximum absolute atomic E-state index is 5.88. The summed E-state index contributed by atoms with van der Waals surface area (Å²) < 4.78 is 11.4. The molecule has 0 atom stereocenters. The van der Waals surface area contributed by atoms with Gasteiger partial charge >= 0.3 is 0 Å². The van der Waals surface area contributed by atoms with E-state index >= 15 is 0 Å². The fourth-order valence-electron chi connectivity index (χ4n) is 2.25. The number of rotatable bonds is 7. The molecule has 0 unspecified atom stereocenters. The van der Waals surface area contributed by atoms with E-state index in [2.05, 4.69) is 45.1 Å². The number of hydrogen-bond donors (Lipinski definition) is 1. The molecule has 2 aromatic rings. The lowest BCUT2D eigenvalue weighted by atomic mass is 10.1. The maximum atomic E-state index is 5.88. The Morgan fingerprint density at radius 3 is 2.71 bits per heavy atom. The highest BCUT2D eigenvalue weighted by atomic mass is 16.5. The van der Waals surface area contributed by atoms with Crippen LogP contribution >= 0.6 is 0 Å². The van der Waals surface area contributed by atoms with Crippen LogP contribution in [0, 0.1) is 19.8 Å². The van der Waals surface area contributed by atoms with Crippen molar-refractivity contribution < 1.29 is 9.15 Å². The molecule has 0 aliphatic rings. The van der Waals surface area contributed by atoms with Crippen LogP contribution in [0.25, 0.3) is 0 Å². The summed E-state index contributed by atoms with van der Waals surface area (Å²) in [6, 6.07) is 8.22. The Hall–Kier alpha value is -1.74. The van der Waals surface area contributed by atoms with Crippen molar-refractivity contribution in [3.8, 4) is 5.75 Å². The molecule has 0 amide bonds. The Morgan fingerprint density at radius 2 is 2.00 bits per heavy atom. The fourth-order valence-corrected chi connectivity index (χ4v) is 2.25. The van der Waals surface area contributed by atoms with Crippen LogP contribution in [0.5, 0.6) is 5.75 Å². The number of aryl methyl sites for hydroxylation is 2. The number of nitrogens with one attached hydrogen (secondary N) is 1. The number of ether oxygens (including phenoxy) is 1. The largest absolute Gasteiger partial charge is 0.485 e. The van der Waals surface area contributed by atoms with E-state index in [0.29, 0.717) is 12.5 Å². The quantitative estimate of drug-likeness (QED) is 0.828. The molecule has 0 bridgehead atoms. The second-order valence-corrected chi connectivity index (χ2v) is 5.95. The molecule has 0 spiro atoms. The summed E-state index contributed by atoms with van der Waals surface area (Å²) >= 11 is 0. The van der Waals surface area contributed by atoms with Gasteiger partial charge in [-0.2, -0.15) is 0 Å². The molecule has 1 aromatic heterocycles. The monoisotopic (exact) mass is 287 g/mol. The van der Waals surface area contributed by atoms with Gasteiger partial charge in [0, 0.05) is 12.1 Å². The molecule has 0 aliphatic heterocycles. The van der Waals surface area contributed by atoms with Gasteiger partial charge in [-0.15, -0.1) is 0 Å². The Bertz CT molecular complexity index is 572. The van der Waals surface area contributed by atoms with Crippen LogP contribution in [0.1, 0.15) is 36.3 Å². The molecule has 1 aromatic carbocycles. The van der Waals surface area contributed by atoms with Crippen molar-refractivity contribution in [1.29, 1.82) is 0 Å². The van der Waals surface area contributed by atoms with Gasteiger partial charge in [-0.1, -0.05) is 31.5 Å². The predicted molar refractivity (Wildman–Crippen MR) is 85.5 cm³/mol. The molecule has 2 rings (SSSR count). The molecule has 3 nitrogen and oxygen atoms in total. The van der Waals surface area contributed by atoms with Gasteiger partial charge in [0.1, 0.15) is 18.1 Å². The summed E-state index contributed by atoms with van der Waals surface area (Å²) in [7, 11) is 0. The Morgan fingerprint density at radius 1 is 1.19 bits per heavy atom. The van der Waals surface area contributed by atoms with Gasteiger partial charge in [0.25, 0.3) is 0 Å². The van der Waals surface area contributed by atoms with Crippen LogP contribution < -0.4 is 10.1 Å². The standard InChI is InChI=1S/C18H25NO2/c1-13(2)10-19-11-16-7-8-20-18(16)12-21-17-6-5-14(3)9-15(17)4/h5-9,13,19H,10-12H2,1-4H3. The molecule has 3 heteroatoms. The van der Waals surface area contributed by atoms with Crippen molar-refractivity contribution in [2.45, 2.75) is 40.8 Å². The van der Waals surface area contributed by atoms with Gasteiger partial charge in [0.05, 0.1) is 6.26 Å². The average Bonchev–Trinajstić information content (AvgIpc) is 2.85. The van der Waals surface area contributed by atoms with Crippen molar-refractivity contribution in [2.24, 2.45) is 5.92 Å². The van der Waals surface area contributed by atoms with E-state index in [4.69, 9.17) is 9.15 Å². The minimum atomic E-state index is 0.468. The first-order chi connectivity index (χ1) is 10.1. The van der Waals surface area contributed by atoms with Crippen LogP contribution in [0.15, 0.2) is 34.9 Å². The van der Waals surface area contributed by atoms with E-state index in [0.717, 1.165) is 30.2 Å². The van der Waals surface area contributed by atoms with Crippen LogP contribution in [-0.2, 0) is 13.2 Å². The third-order valence-corrected chi connectivity index (χ3v) is 3.39. The Balaban J connectivity index is 1.92. The smallest absolute Gasteiger partial charge is 0.146 e. The van der Waals surface area contributed by atoms with E-state index in [-0.39, 0.29) is 0 Å². The lowest BCUT2D eigenvalue weighted by Crippen LogP contribution is -2.19. The van der Waals surface area contributed by atoms with Crippen molar-refractivity contribution in [3.63, 3.8) is 0 Å². The normalized spacial score (nSPS) is 11.1. The zero-order valence-electron chi connectivity index (χ0n) is 13.4. The van der Waals surface area contributed by atoms with Gasteiger partial charge in [0.2, 0.25) is 0 Å². The first-order valence-electron chi connectivity index (χ1n) is 7.52. The topological polar surface area (TPSA) is 34.4 Å². The third kappa shape index (κ3) is 4.64. The molecular formula is C18H25NO2. The van der Waals surface area contributed by atoms with Crippen LogP contribution in [0.3, 0.4) is 0 Å². The molecule has 0 aliphatic carbocycles. The summed E-state index contributed by atoms with van der Waals surface area (Å²) in [5.74, 6) is 2.45. The molecule has 0 fully saturated rings. The van der Waals surface area contributed by atoms with Crippen molar-refractivity contribution in [2.75, 3.05) is 6.54 Å². The summed E-state index contributed by atoms with van der Waals surface area (Å²) in [5, 5.41) is 3.43. The average molecular weight is 287 g/mol. The number of benzene rings is 1. The van der Waals surface area contributed by atoms with Gasteiger partial charge in [-0.05, 0) is 44.0 Å². The Kier molecular flexibility index (Phi) is 5.45. The molecule has 21 heavy (non-hydrogen) atoms. The summed E-state index contributed by atoms with van der Waals surface area (Å²) in [6.07, 6.45) is 1.73. The minimum Gasteiger partial charge on any atom is -0.485 e. The lowest BCUT2D eigenvalue weighted by Gasteiger charge is -2.10. The highest BCUT2D eigenvalue weighted by molar-refractivity contribution is 5.35. The van der Waals surface area contributed by atoms with Crippen LogP contribution in [0.4, 0.5) is 0 Å². The summed E-state index contributed by atoms with van der Waals surface area (Å²) in [5.41, 5.74) is 3.57. The SMILES string of the molecule is Cc1ccc(OCc2occc2CNCC(C)C)c(C)c1. The van der Waals surface area contributed by atoms with E-state index in [1.807, 2.05) is 12.1 Å². The molecule has 114 valence electrons. The molecule has 1 heterocycles. The zero-order valence-corrected chi connectivity index (χ0v) is 13.4. The predicted octanol–water partition coefficient (Wildman–Crippen LogP) is 4.22. The van der Waals surface area contributed by atoms with Crippen LogP contribution in [0.2, 0.25) is 0 Å². The van der Waals surface area contributed by atoms with E-state index < -0.39 is 0 Å². The maximum Gasteiger partial charge on any atom is 0.146 e. The van der Waals surface area contributed by atoms with E-state index in [1.54, 1.807) is 6.26 Å². The summed E-state index contributed by atoms with van der Waals surface area (Å²) in [4.78, 5) is 0.